The van der Waals surface area contributed by atoms with Crippen LogP contribution in [-0.2, 0) is 4.79 Å². The summed E-state index contributed by atoms with van der Waals surface area (Å²) in [6.07, 6.45) is -0.785. The van der Waals surface area contributed by atoms with Gasteiger partial charge in [-0.05, 0) is 32.0 Å². The molecule has 1 N–H and O–H groups in total. The highest BCUT2D eigenvalue weighted by Gasteiger charge is 2.17. The third-order valence-electron chi connectivity index (χ3n) is 2.61. The first-order valence-electron chi connectivity index (χ1n) is 6.10. The van der Waals surface area contributed by atoms with Gasteiger partial charge in [0.05, 0.1) is 16.7 Å². The molecule has 6 nitrogen and oxygen atoms in total. The number of anilines is 1. The summed E-state index contributed by atoms with van der Waals surface area (Å²) in [5.74, 6) is 0.853. The number of ether oxygens (including phenoxy) is 1. The van der Waals surface area contributed by atoms with E-state index >= 15 is 0 Å². The number of hydrogen-bond acceptors (Lipinski definition) is 5. The van der Waals surface area contributed by atoms with Crippen molar-refractivity contribution in [3.05, 3.63) is 40.6 Å². The SMILES string of the molecule is Cc1cc(NC(=O)[C@@H](C)Oc2ccc(C#N)cc2Cl)no1. The molecule has 0 unspecified atom stereocenters. The smallest absolute Gasteiger partial charge is 0.266 e. The molecule has 21 heavy (non-hydrogen) atoms. The monoisotopic (exact) mass is 305 g/mol. The molecule has 0 bridgehead atoms. The second kappa shape index (κ2) is 6.29. The minimum absolute atomic E-state index is 0.269. The Bertz CT molecular complexity index is 706. The lowest BCUT2D eigenvalue weighted by Gasteiger charge is -2.14. The zero-order valence-electron chi connectivity index (χ0n) is 11.4. The zero-order chi connectivity index (χ0) is 15.4. The van der Waals surface area contributed by atoms with Crippen LogP contribution in [0.2, 0.25) is 5.02 Å². The van der Waals surface area contributed by atoms with Gasteiger partial charge in [0.15, 0.2) is 11.9 Å². The van der Waals surface area contributed by atoms with Gasteiger partial charge in [-0.2, -0.15) is 5.26 Å². The summed E-state index contributed by atoms with van der Waals surface area (Å²) in [6, 6.07) is 8.15. The first-order chi connectivity index (χ1) is 9.99. The third kappa shape index (κ3) is 3.74. The van der Waals surface area contributed by atoms with Gasteiger partial charge >= 0.3 is 0 Å². The number of carbonyl (C=O) groups is 1. The highest BCUT2D eigenvalue weighted by atomic mass is 35.5. The van der Waals surface area contributed by atoms with Crippen LogP contribution in [0, 0.1) is 18.3 Å². The lowest BCUT2D eigenvalue weighted by Crippen LogP contribution is -2.30. The van der Waals surface area contributed by atoms with Crippen molar-refractivity contribution in [2.45, 2.75) is 20.0 Å². The Morgan fingerprint density at radius 2 is 2.29 bits per heavy atom. The second-order valence-corrected chi connectivity index (χ2v) is 4.74. The van der Waals surface area contributed by atoms with E-state index in [1.807, 2.05) is 6.07 Å². The van der Waals surface area contributed by atoms with E-state index in [-0.39, 0.29) is 10.9 Å². The number of halogens is 1. The van der Waals surface area contributed by atoms with Gasteiger partial charge in [0.1, 0.15) is 11.5 Å². The van der Waals surface area contributed by atoms with Crippen LogP contribution in [0.4, 0.5) is 5.82 Å². The Kier molecular flexibility index (Phi) is 4.45. The Morgan fingerprint density at radius 1 is 1.52 bits per heavy atom. The summed E-state index contributed by atoms with van der Waals surface area (Å²) < 4.78 is 10.3. The molecule has 108 valence electrons. The number of nitrogens with zero attached hydrogens (tertiary/aromatic N) is 2. The fraction of sp³-hybridized carbons (Fsp3) is 0.214. The number of rotatable bonds is 4. The molecule has 1 atom stereocenters. The minimum Gasteiger partial charge on any atom is -0.479 e. The maximum atomic E-state index is 11.9. The molecule has 0 saturated heterocycles. The molecule has 2 rings (SSSR count). The molecule has 0 fully saturated rings. The topological polar surface area (TPSA) is 88.1 Å². The van der Waals surface area contributed by atoms with Crippen LogP contribution in [0.25, 0.3) is 0 Å². The Balaban J connectivity index is 2.02. The Labute approximate surface area is 126 Å². The summed E-state index contributed by atoms with van der Waals surface area (Å²) in [5.41, 5.74) is 0.419. The molecule has 0 aliphatic carbocycles. The highest BCUT2D eigenvalue weighted by molar-refractivity contribution is 6.32. The van der Waals surface area contributed by atoms with Gasteiger partial charge in [-0.25, -0.2) is 0 Å². The van der Waals surface area contributed by atoms with E-state index in [4.69, 9.17) is 26.1 Å². The van der Waals surface area contributed by atoms with Crippen LogP contribution in [-0.4, -0.2) is 17.2 Å². The van der Waals surface area contributed by atoms with E-state index in [0.717, 1.165) is 0 Å². The quantitative estimate of drug-likeness (QED) is 0.938. The fourth-order valence-corrected chi connectivity index (χ4v) is 1.79. The summed E-state index contributed by atoms with van der Waals surface area (Å²) >= 11 is 5.99. The van der Waals surface area contributed by atoms with Crippen molar-refractivity contribution < 1.29 is 14.1 Å². The van der Waals surface area contributed by atoms with Crippen molar-refractivity contribution in [3.63, 3.8) is 0 Å². The number of benzene rings is 1. The van der Waals surface area contributed by atoms with Crippen LogP contribution >= 0.6 is 11.6 Å². The number of amides is 1. The summed E-state index contributed by atoms with van der Waals surface area (Å²) in [4.78, 5) is 11.9. The molecule has 1 aromatic heterocycles. The molecular formula is C14H12ClN3O3. The Hall–Kier alpha value is -2.52. The number of carbonyl (C=O) groups excluding carboxylic acids is 1. The molecule has 2 aromatic rings. The molecule has 7 heteroatoms. The van der Waals surface area contributed by atoms with Crippen molar-refractivity contribution in [2.24, 2.45) is 0 Å². The van der Waals surface area contributed by atoms with Crippen LogP contribution in [0.15, 0.2) is 28.8 Å². The van der Waals surface area contributed by atoms with E-state index in [1.165, 1.54) is 6.07 Å². The minimum atomic E-state index is -0.785. The first-order valence-corrected chi connectivity index (χ1v) is 6.48. The molecule has 1 heterocycles. The molecule has 0 saturated carbocycles. The number of nitrogens with one attached hydrogen (secondary N) is 1. The number of aromatic nitrogens is 1. The van der Waals surface area contributed by atoms with Crippen LogP contribution in [0.1, 0.15) is 18.2 Å². The molecule has 1 amide bonds. The average molecular weight is 306 g/mol. The fourth-order valence-electron chi connectivity index (χ4n) is 1.56. The van der Waals surface area contributed by atoms with E-state index in [1.54, 1.807) is 32.0 Å². The standard InChI is InChI=1S/C14H12ClN3O3/c1-8-5-13(18-21-8)17-14(19)9(2)20-12-4-3-10(7-16)6-11(12)15/h3-6,9H,1-2H3,(H,17,18,19)/t9-/m1/s1. The van der Waals surface area contributed by atoms with Gasteiger partial charge in [-0.3, -0.25) is 4.79 Å². The third-order valence-corrected chi connectivity index (χ3v) is 2.91. The molecule has 0 radical (unpaired) electrons. The number of hydrogen-bond donors (Lipinski definition) is 1. The zero-order valence-corrected chi connectivity index (χ0v) is 12.1. The van der Waals surface area contributed by atoms with E-state index in [9.17, 15) is 4.79 Å². The van der Waals surface area contributed by atoms with Crippen LogP contribution in [0.3, 0.4) is 0 Å². The van der Waals surface area contributed by atoms with Gasteiger partial charge in [0.25, 0.3) is 5.91 Å². The lowest BCUT2D eigenvalue weighted by molar-refractivity contribution is -0.122. The highest BCUT2D eigenvalue weighted by Crippen LogP contribution is 2.26. The van der Waals surface area contributed by atoms with Gasteiger partial charge in [-0.15, -0.1) is 0 Å². The van der Waals surface area contributed by atoms with Crippen molar-refractivity contribution >= 4 is 23.3 Å². The van der Waals surface area contributed by atoms with Crippen molar-refractivity contribution in [3.8, 4) is 11.8 Å². The first kappa shape index (κ1) is 14.9. The van der Waals surface area contributed by atoms with Crippen molar-refractivity contribution in [2.75, 3.05) is 5.32 Å². The summed E-state index contributed by atoms with van der Waals surface area (Å²) in [5, 5.41) is 15.3. The molecule has 0 aliphatic rings. The number of aryl methyl sites for hydroxylation is 1. The molecule has 0 spiro atoms. The van der Waals surface area contributed by atoms with E-state index in [0.29, 0.717) is 22.9 Å². The maximum absolute atomic E-state index is 11.9. The van der Waals surface area contributed by atoms with Crippen molar-refractivity contribution in [1.82, 2.24) is 5.16 Å². The number of nitriles is 1. The second-order valence-electron chi connectivity index (χ2n) is 4.33. The normalized spacial score (nSPS) is 11.5. The Morgan fingerprint density at radius 3 is 2.86 bits per heavy atom. The van der Waals surface area contributed by atoms with Crippen LogP contribution < -0.4 is 10.1 Å². The summed E-state index contributed by atoms with van der Waals surface area (Å²) in [6.45, 7) is 3.30. The predicted molar refractivity (Wildman–Crippen MR) is 76.1 cm³/mol. The van der Waals surface area contributed by atoms with E-state index < -0.39 is 6.10 Å². The van der Waals surface area contributed by atoms with Crippen LogP contribution in [0.5, 0.6) is 5.75 Å². The lowest BCUT2D eigenvalue weighted by atomic mass is 10.2. The average Bonchev–Trinajstić information content (AvgIpc) is 2.86. The summed E-state index contributed by atoms with van der Waals surface area (Å²) in [7, 11) is 0. The largest absolute Gasteiger partial charge is 0.479 e. The van der Waals surface area contributed by atoms with E-state index in [2.05, 4.69) is 10.5 Å². The van der Waals surface area contributed by atoms with Gasteiger partial charge < -0.3 is 14.6 Å². The maximum Gasteiger partial charge on any atom is 0.266 e. The van der Waals surface area contributed by atoms with Gasteiger partial charge in [-0.1, -0.05) is 16.8 Å². The van der Waals surface area contributed by atoms with Crippen molar-refractivity contribution in [1.29, 1.82) is 5.26 Å². The molecule has 1 aromatic carbocycles. The predicted octanol–water partition coefficient (Wildman–Crippen LogP) is 2.91. The van der Waals surface area contributed by atoms with Gasteiger partial charge in [0.2, 0.25) is 0 Å². The molecular weight excluding hydrogens is 294 g/mol. The molecule has 0 aliphatic heterocycles. The van der Waals surface area contributed by atoms with Gasteiger partial charge in [0, 0.05) is 6.07 Å².